The van der Waals surface area contributed by atoms with Crippen molar-refractivity contribution in [3.8, 4) is 5.69 Å². The predicted octanol–water partition coefficient (Wildman–Crippen LogP) is 5.19. The van der Waals surface area contributed by atoms with Gasteiger partial charge in [-0.05, 0) is 42.5 Å². The second kappa shape index (κ2) is 9.05. The number of hydrogen-bond donors (Lipinski definition) is 1. The molecule has 1 amide bonds. The second-order valence-corrected chi connectivity index (χ2v) is 7.96. The van der Waals surface area contributed by atoms with Crippen molar-refractivity contribution in [2.45, 2.75) is 5.16 Å². The predicted molar refractivity (Wildman–Crippen MR) is 118 cm³/mol. The van der Waals surface area contributed by atoms with E-state index in [-0.39, 0.29) is 27.3 Å². The van der Waals surface area contributed by atoms with E-state index in [1.54, 1.807) is 24.3 Å². The van der Waals surface area contributed by atoms with Crippen LogP contribution in [0.15, 0.2) is 70.6 Å². The maximum Gasteiger partial charge on any atom is 0.266 e. The lowest BCUT2D eigenvalue weighted by Crippen LogP contribution is -2.23. The van der Waals surface area contributed by atoms with Crippen LogP contribution in [0.5, 0.6) is 0 Å². The molecule has 5 nitrogen and oxygen atoms in total. The number of halogens is 4. The molecule has 4 rings (SSSR count). The summed E-state index contributed by atoms with van der Waals surface area (Å²) >= 11 is 6.81. The summed E-state index contributed by atoms with van der Waals surface area (Å²) in [5, 5.41) is 2.66. The van der Waals surface area contributed by atoms with E-state index in [1.807, 2.05) is 0 Å². The molecule has 0 saturated heterocycles. The fourth-order valence-corrected chi connectivity index (χ4v) is 3.96. The molecule has 3 aromatic carbocycles. The number of aromatic nitrogens is 2. The van der Waals surface area contributed by atoms with Gasteiger partial charge < -0.3 is 5.32 Å². The molecule has 0 atom stereocenters. The monoisotopic (exact) mass is 475 g/mol. The number of hydrogen-bond acceptors (Lipinski definition) is 4. The van der Waals surface area contributed by atoms with E-state index in [9.17, 15) is 22.8 Å². The largest absolute Gasteiger partial charge is 0.323 e. The van der Waals surface area contributed by atoms with E-state index in [0.29, 0.717) is 17.0 Å². The van der Waals surface area contributed by atoms with E-state index in [1.165, 1.54) is 16.7 Å². The zero-order valence-electron chi connectivity index (χ0n) is 16.1. The van der Waals surface area contributed by atoms with E-state index in [0.717, 1.165) is 30.0 Å². The topological polar surface area (TPSA) is 64.0 Å². The van der Waals surface area contributed by atoms with Crippen LogP contribution in [0, 0.1) is 17.5 Å². The molecule has 0 spiro atoms. The summed E-state index contributed by atoms with van der Waals surface area (Å²) < 4.78 is 41.7. The quantitative estimate of drug-likeness (QED) is 0.319. The number of rotatable bonds is 5. The Morgan fingerprint density at radius 3 is 2.56 bits per heavy atom. The number of fused-ring (bicyclic) bond motifs is 1. The number of thioether (sulfide) groups is 1. The standard InChI is InChI=1S/C22H13ClF3N3O2S/c23-15-10-13(6-7-16(15)25)29-21(31)14-3-1-2-4-18(14)28-22(29)32-11-20(30)27-19-8-5-12(24)9-17(19)26/h1-10H,11H2,(H,27,30). The van der Waals surface area contributed by atoms with Gasteiger partial charge in [0.25, 0.3) is 5.56 Å². The minimum absolute atomic E-state index is 0.158. The SMILES string of the molecule is O=C(CSc1nc2ccccc2c(=O)n1-c1ccc(F)c(Cl)c1)Nc1ccc(F)cc1F. The molecule has 4 aromatic rings. The molecule has 0 aliphatic rings. The number of anilines is 1. The zero-order chi connectivity index (χ0) is 22.8. The van der Waals surface area contributed by atoms with Crippen molar-refractivity contribution in [3.05, 3.63) is 93.5 Å². The highest BCUT2D eigenvalue weighted by Crippen LogP contribution is 2.25. The van der Waals surface area contributed by atoms with Gasteiger partial charge in [0, 0.05) is 6.07 Å². The van der Waals surface area contributed by atoms with Crippen LogP contribution in [-0.4, -0.2) is 21.2 Å². The highest BCUT2D eigenvalue weighted by molar-refractivity contribution is 7.99. The molecule has 32 heavy (non-hydrogen) atoms. The Balaban J connectivity index is 1.68. The number of nitrogens with one attached hydrogen (secondary N) is 1. The molecular formula is C22H13ClF3N3O2S. The molecule has 0 aliphatic heterocycles. The first-order valence-corrected chi connectivity index (χ1v) is 10.5. The lowest BCUT2D eigenvalue weighted by molar-refractivity contribution is -0.113. The molecule has 0 saturated carbocycles. The van der Waals surface area contributed by atoms with Gasteiger partial charge in [0.2, 0.25) is 5.91 Å². The molecule has 1 heterocycles. The van der Waals surface area contributed by atoms with Crippen molar-refractivity contribution in [2.75, 3.05) is 11.1 Å². The van der Waals surface area contributed by atoms with Crippen LogP contribution >= 0.6 is 23.4 Å². The van der Waals surface area contributed by atoms with Crippen molar-refractivity contribution >= 4 is 45.9 Å². The second-order valence-electron chi connectivity index (χ2n) is 6.61. The molecule has 0 radical (unpaired) electrons. The number of nitrogens with zero attached hydrogens (tertiary/aromatic N) is 2. The van der Waals surface area contributed by atoms with Crippen LogP contribution in [0.3, 0.4) is 0 Å². The van der Waals surface area contributed by atoms with Crippen molar-refractivity contribution in [1.82, 2.24) is 9.55 Å². The van der Waals surface area contributed by atoms with E-state index in [2.05, 4.69) is 10.3 Å². The van der Waals surface area contributed by atoms with Crippen molar-refractivity contribution in [2.24, 2.45) is 0 Å². The summed E-state index contributed by atoms with van der Waals surface area (Å²) in [5.74, 6) is -3.14. The minimum Gasteiger partial charge on any atom is -0.323 e. The first-order valence-electron chi connectivity index (χ1n) is 9.18. The molecule has 0 unspecified atom stereocenters. The zero-order valence-corrected chi connectivity index (χ0v) is 17.7. The minimum atomic E-state index is -0.912. The Morgan fingerprint density at radius 1 is 1.03 bits per heavy atom. The van der Waals surface area contributed by atoms with E-state index in [4.69, 9.17) is 11.6 Å². The van der Waals surface area contributed by atoms with Crippen LogP contribution in [-0.2, 0) is 4.79 Å². The smallest absolute Gasteiger partial charge is 0.266 e. The molecule has 162 valence electrons. The Hall–Kier alpha value is -3.30. The lowest BCUT2D eigenvalue weighted by Gasteiger charge is -2.14. The van der Waals surface area contributed by atoms with Crippen LogP contribution in [0.1, 0.15) is 0 Å². The summed E-state index contributed by atoms with van der Waals surface area (Å²) in [6.07, 6.45) is 0. The van der Waals surface area contributed by atoms with Gasteiger partial charge in [0.15, 0.2) is 5.16 Å². The highest BCUT2D eigenvalue weighted by atomic mass is 35.5. The number of carbonyl (C=O) groups is 1. The summed E-state index contributed by atoms with van der Waals surface area (Å²) in [6, 6.07) is 13.2. The third-order valence-corrected chi connectivity index (χ3v) is 5.67. The van der Waals surface area contributed by atoms with Crippen LogP contribution in [0.4, 0.5) is 18.9 Å². The number of carbonyl (C=O) groups excluding carboxylic acids is 1. The molecule has 10 heteroatoms. The number of benzene rings is 3. The maximum atomic E-state index is 13.8. The molecule has 1 N–H and O–H groups in total. The van der Waals surface area contributed by atoms with E-state index < -0.39 is 28.9 Å². The van der Waals surface area contributed by atoms with Gasteiger partial charge in [0.05, 0.1) is 33.1 Å². The fourth-order valence-electron chi connectivity index (χ4n) is 2.97. The Kier molecular flexibility index (Phi) is 6.20. The molecule has 0 bridgehead atoms. The third-order valence-electron chi connectivity index (χ3n) is 4.44. The summed E-state index contributed by atoms with van der Waals surface area (Å²) in [7, 11) is 0. The van der Waals surface area contributed by atoms with Gasteiger partial charge in [-0.2, -0.15) is 0 Å². The molecule has 0 fully saturated rings. The van der Waals surface area contributed by atoms with Crippen molar-refractivity contribution in [3.63, 3.8) is 0 Å². The summed E-state index contributed by atoms with van der Waals surface area (Å²) in [6.45, 7) is 0. The van der Waals surface area contributed by atoms with Gasteiger partial charge in [-0.15, -0.1) is 0 Å². The van der Waals surface area contributed by atoms with Gasteiger partial charge in [-0.25, -0.2) is 18.2 Å². The van der Waals surface area contributed by atoms with Crippen molar-refractivity contribution < 1.29 is 18.0 Å². The van der Waals surface area contributed by atoms with Gasteiger partial charge >= 0.3 is 0 Å². The first-order chi connectivity index (χ1) is 15.3. The average molecular weight is 476 g/mol. The average Bonchev–Trinajstić information content (AvgIpc) is 2.76. The van der Waals surface area contributed by atoms with Gasteiger partial charge in [0.1, 0.15) is 17.5 Å². The summed E-state index contributed by atoms with van der Waals surface area (Å²) in [5.41, 5.74) is 0.0820. The first kappa shape index (κ1) is 21.9. The lowest BCUT2D eigenvalue weighted by atomic mass is 10.2. The normalized spacial score (nSPS) is 11.0. The summed E-state index contributed by atoms with van der Waals surface area (Å²) in [4.78, 5) is 29.9. The molecule has 1 aromatic heterocycles. The Bertz CT molecular complexity index is 1410. The number of para-hydroxylation sites is 1. The Labute approximate surface area is 188 Å². The van der Waals surface area contributed by atoms with Crippen LogP contribution in [0.25, 0.3) is 16.6 Å². The van der Waals surface area contributed by atoms with Crippen LogP contribution < -0.4 is 10.9 Å². The van der Waals surface area contributed by atoms with Gasteiger partial charge in [-0.3, -0.25) is 14.2 Å². The van der Waals surface area contributed by atoms with Crippen molar-refractivity contribution in [1.29, 1.82) is 0 Å². The highest BCUT2D eigenvalue weighted by Gasteiger charge is 2.16. The Morgan fingerprint density at radius 2 is 1.81 bits per heavy atom. The maximum absolute atomic E-state index is 13.8. The number of amides is 1. The van der Waals surface area contributed by atoms with Crippen LogP contribution in [0.2, 0.25) is 5.02 Å². The molecular weight excluding hydrogens is 463 g/mol. The third kappa shape index (κ3) is 4.49. The fraction of sp³-hybridized carbons (Fsp3) is 0.0455. The van der Waals surface area contributed by atoms with E-state index >= 15 is 0 Å². The molecule has 0 aliphatic carbocycles. The van der Waals surface area contributed by atoms with Gasteiger partial charge in [-0.1, -0.05) is 35.5 Å².